The number of carbonyl (C=O) groups excluding carboxylic acids is 2. The van der Waals surface area contributed by atoms with Crippen LogP contribution < -0.4 is 24.8 Å². The number of methoxy groups -OCH3 is 2. The molecule has 8 nitrogen and oxygen atoms in total. The standard InChI is InChI=1S/C27H29N3O5/c1-18-26(31)30(14-13-19-7-4-5-10-24(19)34-3)17-20-15-22(11-12-25(20)35-18)29-27(32)28-21-8-6-9-23(16-21)33-2/h4-12,15-16,18H,13-14,17H2,1-3H3,(H2,28,29,32). The van der Waals surface area contributed by atoms with Gasteiger partial charge in [0.15, 0.2) is 6.10 Å². The van der Waals surface area contributed by atoms with Crippen molar-refractivity contribution >= 4 is 23.3 Å². The van der Waals surface area contributed by atoms with Crippen molar-refractivity contribution in [1.82, 2.24) is 4.90 Å². The molecule has 3 aromatic rings. The fraction of sp³-hybridized carbons (Fsp3) is 0.259. The van der Waals surface area contributed by atoms with Gasteiger partial charge in [-0.15, -0.1) is 0 Å². The molecule has 3 aromatic carbocycles. The number of anilines is 2. The molecule has 1 heterocycles. The first kappa shape index (κ1) is 23.9. The summed E-state index contributed by atoms with van der Waals surface area (Å²) < 4.78 is 16.6. The lowest BCUT2D eigenvalue weighted by atomic mass is 10.1. The van der Waals surface area contributed by atoms with Crippen molar-refractivity contribution in [3.05, 3.63) is 77.9 Å². The minimum absolute atomic E-state index is 0.0821. The number of fused-ring (bicyclic) bond motifs is 1. The number of urea groups is 1. The second-order valence-electron chi connectivity index (χ2n) is 8.22. The van der Waals surface area contributed by atoms with Crippen LogP contribution in [0.4, 0.5) is 16.2 Å². The molecule has 0 saturated heterocycles. The molecule has 1 atom stereocenters. The van der Waals surface area contributed by atoms with E-state index < -0.39 is 6.10 Å². The van der Waals surface area contributed by atoms with Gasteiger partial charge >= 0.3 is 6.03 Å². The first-order chi connectivity index (χ1) is 17.0. The first-order valence-corrected chi connectivity index (χ1v) is 11.4. The van der Waals surface area contributed by atoms with Crippen LogP contribution in [-0.4, -0.2) is 43.7 Å². The maximum absolute atomic E-state index is 13.0. The number of nitrogens with zero attached hydrogens (tertiary/aromatic N) is 1. The van der Waals surface area contributed by atoms with E-state index in [1.165, 1.54) is 0 Å². The molecule has 182 valence electrons. The van der Waals surface area contributed by atoms with Crippen LogP contribution in [0.25, 0.3) is 0 Å². The highest BCUT2D eigenvalue weighted by molar-refractivity contribution is 6.00. The molecule has 4 rings (SSSR count). The molecule has 1 unspecified atom stereocenters. The van der Waals surface area contributed by atoms with Gasteiger partial charge in [-0.25, -0.2) is 4.79 Å². The molecule has 0 saturated carbocycles. The second kappa shape index (κ2) is 10.8. The summed E-state index contributed by atoms with van der Waals surface area (Å²) in [6.07, 6.45) is 0.0442. The highest BCUT2D eigenvalue weighted by Crippen LogP contribution is 2.29. The van der Waals surface area contributed by atoms with Crippen LogP contribution in [0.3, 0.4) is 0 Å². The van der Waals surface area contributed by atoms with Crippen molar-refractivity contribution < 1.29 is 23.8 Å². The van der Waals surface area contributed by atoms with Crippen LogP contribution in [0.1, 0.15) is 18.1 Å². The number of para-hydroxylation sites is 1. The first-order valence-electron chi connectivity index (χ1n) is 11.4. The molecule has 35 heavy (non-hydrogen) atoms. The number of hydrogen-bond donors (Lipinski definition) is 2. The van der Waals surface area contributed by atoms with Crippen molar-refractivity contribution in [3.8, 4) is 17.2 Å². The second-order valence-corrected chi connectivity index (χ2v) is 8.22. The monoisotopic (exact) mass is 475 g/mol. The van der Waals surface area contributed by atoms with E-state index in [0.29, 0.717) is 42.4 Å². The summed E-state index contributed by atoms with van der Waals surface area (Å²) in [6.45, 7) is 2.64. The summed E-state index contributed by atoms with van der Waals surface area (Å²) in [5.74, 6) is 2.00. The number of hydrogen-bond acceptors (Lipinski definition) is 5. The molecule has 8 heteroatoms. The van der Waals surface area contributed by atoms with Crippen LogP contribution >= 0.6 is 0 Å². The molecule has 0 fully saturated rings. The van der Waals surface area contributed by atoms with Gasteiger partial charge in [0.1, 0.15) is 17.2 Å². The Kier molecular flexibility index (Phi) is 7.40. The predicted molar refractivity (Wildman–Crippen MR) is 134 cm³/mol. The zero-order valence-corrected chi connectivity index (χ0v) is 20.0. The minimum Gasteiger partial charge on any atom is -0.497 e. The molecule has 1 aliphatic heterocycles. The molecule has 2 N–H and O–H groups in total. The fourth-order valence-corrected chi connectivity index (χ4v) is 4.03. The van der Waals surface area contributed by atoms with Gasteiger partial charge in [-0.05, 0) is 55.3 Å². The zero-order chi connectivity index (χ0) is 24.8. The van der Waals surface area contributed by atoms with Crippen molar-refractivity contribution in [2.45, 2.75) is 26.0 Å². The molecular weight excluding hydrogens is 446 g/mol. The summed E-state index contributed by atoms with van der Waals surface area (Å²) in [5, 5.41) is 5.63. The molecule has 0 aliphatic carbocycles. The van der Waals surface area contributed by atoms with Crippen molar-refractivity contribution in [1.29, 1.82) is 0 Å². The SMILES string of the molecule is COc1cccc(NC(=O)Nc2ccc3c(c2)CN(CCc2ccccc2OC)C(=O)C(C)O3)c1. The van der Waals surface area contributed by atoms with E-state index in [1.807, 2.05) is 30.3 Å². The van der Waals surface area contributed by atoms with Crippen LogP contribution in [0, 0.1) is 0 Å². The van der Waals surface area contributed by atoms with Gasteiger partial charge in [0.2, 0.25) is 0 Å². The van der Waals surface area contributed by atoms with E-state index in [-0.39, 0.29) is 11.9 Å². The highest BCUT2D eigenvalue weighted by atomic mass is 16.5. The number of ether oxygens (including phenoxy) is 3. The summed E-state index contributed by atoms with van der Waals surface area (Å²) in [5.41, 5.74) is 3.06. The Morgan fingerprint density at radius 2 is 1.77 bits per heavy atom. The molecule has 0 radical (unpaired) electrons. The highest BCUT2D eigenvalue weighted by Gasteiger charge is 2.28. The van der Waals surface area contributed by atoms with Crippen LogP contribution in [0.5, 0.6) is 17.2 Å². The quantitative estimate of drug-likeness (QED) is 0.517. The molecule has 1 aliphatic rings. The van der Waals surface area contributed by atoms with Crippen LogP contribution in [-0.2, 0) is 17.8 Å². The number of nitrogens with one attached hydrogen (secondary N) is 2. The van der Waals surface area contributed by atoms with E-state index in [9.17, 15) is 9.59 Å². The molecular formula is C27H29N3O5. The van der Waals surface area contributed by atoms with Gasteiger partial charge in [-0.1, -0.05) is 24.3 Å². The zero-order valence-electron chi connectivity index (χ0n) is 20.0. The average Bonchev–Trinajstić information content (AvgIpc) is 2.98. The Morgan fingerprint density at radius 3 is 2.54 bits per heavy atom. The third kappa shape index (κ3) is 5.84. The fourth-order valence-electron chi connectivity index (χ4n) is 4.03. The topological polar surface area (TPSA) is 89.1 Å². The Hall–Kier alpha value is -4.20. The summed E-state index contributed by atoms with van der Waals surface area (Å²) >= 11 is 0. The van der Waals surface area contributed by atoms with Crippen LogP contribution in [0.15, 0.2) is 66.7 Å². The Balaban J connectivity index is 1.46. The summed E-state index contributed by atoms with van der Waals surface area (Å²) in [4.78, 5) is 27.3. The normalized spacial score (nSPS) is 14.9. The van der Waals surface area contributed by atoms with E-state index in [2.05, 4.69) is 10.6 Å². The summed E-state index contributed by atoms with van der Waals surface area (Å²) in [7, 11) is 3.21. The lowest BCUT2D eigenvalue weighted by Crippen LogP contribution is -2.39. The van der Waals surface area contributed by atoms with E-state index in [0.717, 1.165) is 16.9 Å². The van der Waals surface area contributed by atoms with Gasteiger partial charge in [0.05, 0.1) is 14.2 Å². The van der Waals surface area contributed by atoms with Gasteiger partial charge in [0.25, 0.3) is 5.91 Å². The van der Waals surface area contributed by atoms with E-state index in [1.54, 1.807) is 62.4 Å². The molecule has 3 amide bonds. The Labute approximate surface area is 204 Å². The third-order valence-corrected chi connectivity index (χ3v) is 5.81. The maximum atomic E-state index is 13.0. The maximum Gasteiger partial charge on any atom is 0.323 e. The van der Waals surface area contributed by atoms with Crippen molar-refractivity contribution in [3.63, 3.8) is 0 Å². The van der Waals surface area contributed by atoms with Gasteiger partial charge < -0.3 is 29.7 Å². The minimum atomic E-state index is -0.607. The molecule has 0 aromatic heterocycles. The van der Waals surface area contributed by atoms with Crippen molar-refractivity contribution in [2.24, 2.45) is 0 Å². The van der Waals surface area contributed by atoms with Crippen molar-refractivity contribution in [2.75, 3.05) is 31.4 Å². The smallest absolute Gasteiger partial charge is 0.323 e. The van der Waals surface area contributed by atoms with Gasteiger partial charge in [-0.2, -0.15) is 0 Å². The Morgan fingerprint density at radius 1 is 1.00 bits per heavy atom. The predicted octanol–water partition coefficient (Wildman–Crippen LogP) is 4.70. The third-order valence-electron chi connectivity index (χ3n) is 5.81. The molecule has 0 spiro atoms. The largest absolute Gasteiger partial charge is 0.497 e. The lowest BCUT2D eigenvalue weighted by molar-refractivity contribution is -0.137. The van der Waals surface area contributed by atoms with Gasteiger partial charge in [0, 0.05) is 36.1 Å². The number of rotatable bonds is 7. The average molecular weight is 476 g/mol. The number of carbonyl (C=O) groups is 2. The lowest BCUT2D eigenvalue weighted by Gasteiger charge is -2.22. The number of benzene rings is 3. The van der Waals surface area contributed by atoms with Crippen LogP contribution in [0.2, 0.25) is 0 Å². The van der Waals surface area contributed by atoms with E-state index >= 15 is 0 Å². The van der Waals surface area contributed by atoms with Gasteiger partial charge in [-0.3, -0.25) is 4.79 Å². The Bertz CT molecular complexity index is 1210. The van der Waals surface area contributed by atoms with E-state index in [4.69, 9.17) is 14.2 Å². The molecule has 0 bridgehead atoms. The number of amides is 3. The summed E-state index contributed by atoms with van der Waals surface area (Å²) in [6, 6.07) is 19.9.